The summed E-state index contributed by atoms with van der Waals surface area (Å²) in [6, 6.07) is 30.9. The molecular weight excluding hydrogens is 959 g/mol. The monoisotopic (exact) mass is 1030 g/mol. The molecule has 76 heavy (non-hydrogen) atoms. The van der Waals surface area contributed by atoms with Gasteiger partial charge in [-0.3, -0.25) is 14.5 Å². The van der Waals surface area contributed by atoms with Gasteiger partial charge in [0.1, 0.15) is 23.1 Å². The number of hydrogen-bond acceptors (Lipinski definition) is 13. The number of aromatic hydroxyl groups is 3. The molecule has 17 nitrogen and oxygen atoms in total. The highest BCUT2D eigenvalue weighted by Gasteiger charge is 2.30. The number of H-pyrrole nitrogens is 1. The lowest BCUT2D eigenvalue weighted by atomic mass is 9.90. The van der Waals surface area contributed by atoms with Gasteiger partial charge >= 0.3 is 5.69 Å². The number of carbonyl (C=O) groups excluding carboxylic acids is 2. The highest BCUT2D eigenvalue weighted by molar-refractivity contribution is 5.96. The van der Waals surface area contributed by atoms with Gasteiger partial charge in [0.15, 0.2) is 5.82 Å². The fourth-order valence-electron chi connectivity index (χ4n) is 11.0. The molecule has 3 aliphatic rings. The van der Waals surface area contributed by atoms with Crippen molar-refractivity contribution in [3.05, 3.63) is 154 Å². The van der Waals surface area contributed by atoms with Crippen molar-refractivity contribution in [2.24, 2.45) is 5.92 Å². The molecule has 5 aromatic carbocycles. The number of likely N-dealkylation sites (tertiary alicyclic amines) is 1. The van der Waals surface area contributed by atoms with E-state index in [0.717, 1.165) is 84.5 Å². The molecule has 2 fully saturated rings. The Hall–Kier alpha value is -8.18. The number of phenols is 3. The Kier molecular flexibility index (Phi) is 15.1. The quantitative estimate of drug-likeness (QED) is 0.0509. The van der Waals surface area contributed by atoms with Crippen LogP contribution < -0.4 is 26.1 Å². The number of piperazine rings is 1. The predicted molar refractivity (Wildman–Crippen MR) is 296 cm³/mol. The summed E-state index contributed by atoms with van der Waals surface area (Å²) in [5.41, 5.74) is 7.60. The Morgan fingerprint density at radius 3 is 2.30 bits per heavy atom. The van der Waals surface area contributed by atoms with Crippen LogP contribution in [0.15, 0.2) is 115 Å². The van der Waals surface area contributed by atoms with Crippen LogP contribution in [-0.2, 0) is 35.5 Å². The molecule has 0 unspecified atom stereocenters. The number of phenolic OH excluding ortho intramolecular Hbond substituents is 3. The van der Waals surface area contributed by atoms with E-state index in [-0.39, 0.29) is 53.3 Å². The highest BCUT2D eigenvalue weighted by Crippen LogP contribution is 2.39. The minimum atomic E-state index is -0.416. The number of rotatable bonds is 16. The molecule has 0 saturated carbocycles. The second-order valence-electron chi connectivity index (χ2n) is 20.7. The second-order valence-corrected chi connectivity index (χ2v) is 20.7. The maximum atomic E-state index is 13.4. The number of aromatic nitrogens is 5. The fraction of sp³-hybridized carbons (Fsp3) is 0.356. The van der Waals surface area contributed by atoms with Crippen LogP contribution in [0.2, 0.25) is 0 Å². The van der Waals surface area contributed by atoms with Gasteiger partial charge in [0, 0.05) is 81.0 Å². The van der Waals surface area contributed by atoms with Gasteiger partial charge in [0.2, 0.25) is 17.8 Å². The summed E-state index contributed by atoms with van der Waals surface area (Å²) in [5.74, 6) is 2.01. The molecule has 10 rings (SSSR count). The number of fused-ring (bicyclic) bond motifs is 2. The third kappa shape index (κ3) is 11.2. The van der Waals surface area contributed by atoms with Gasteiger partial charge in [-0.2, -0.15) is 10.1 Å². The average Bonchev–Trinajstić information content (AvgIpc) is 3.83. The first-order chi connectivity index (χ1) is 36.8. The Labute approximate surface area is 442 Å². The van der Waals surface area contributed by atoms with Crippen LogP contribution in [0.5, 0.6) is 17.2 Å². The van der Waals surface area contributed by atoms with E-state index in [4.69, 9.17) is 9.97 Å². The molecule has 5 heterocycles. The number of piperidine rings is 1. The summed E-state index contributed by atoms with van der Waals surface area (Å²) < 4.78 is 1.45. The molecule has 1 atom stereocenters. The zero-order valence-corrected chi connectivity index (χ0v) is 43.5. The largest absolute Gasteiger partial charge is 0.508 e. The van der Waals surface area contributed by atoms with Crippen molar-refractivity contribution < 1.29 is 24.9 Å². The Balaban J connectivity index is 0.707. The molecule has 0 aliphatic carbocycles. The van der Waals surface area contributed by atoms with Crippen LogP contribution in [0.4, 0.5) is 17.5 Å². The van der Waals surface area contributed by atoms with E-state index in [1.165, 1.54) is 27.8 Å². The smallest absolute Gasteiger partial charge is 0.348 e. The zero-order valence-electron chi connectivity index (χ0n) is 43.5. The number of benzene rings is 5. The lowest BCUT2D eigenvalue weighted by molar-refractivity contribution is -0.126. The van der Waals surface area contributed by atoms with Gasteiger partial charge in [-0.1, -0.05) is 81.1 Å². The summed E-state index contributed by atoms with van der Waals surface area (Å²) in [5, 5.41) is 47.0. The molecule has 0 radical (unpaired) electrons. The first kappa shape index (κ1) is 51.3. The van der Waals surface area contributed by atoms with Gasteiger partial charge in [0.05, 0.1) is 29.5 Å². The van der Waals surface area contributed by atoms with Crippen LogP contribution in [0, 0.1) is 5.92 Å². The molecule has 2 saturated heterocycles. The van der Waals surface area contributed by atoms with E-state index in [2.05, 4.69) is 84.6 Å². The summed E-state index contributed by atoms with van der Waals surface area (Å²) in [7, 11) is 0. The van der Waals surface area contributed by atoms with Crippen molar-refractivity contribution in [3.63, 3.8) is 0 Å². The third-order valence-corrected chi connectivity index (χ3v) is 15.3. The summed E-state index contributed by atoms with van der Waals surface area (Å²) >= 11 is 0. The Morgan fingerprint density at radius 2 is 1.57 bits per heavy atom. The van der Waals surface area contributed by atoms with Gasteiger partial charge in [-0.15, -0.1) is 0 Å². The molecule has 2 aromatic heterocycles. The molecule has 0 bridgehead atoms. The van der Waals surface area contributed by atoms with Crippen molar-refractivity contribution in [2.45, 2.75) is 77.9 Å². The average molecular weight is 1030 g/mol. The molecule has 3 aliphatic heterocycles. The normalized spacial score (nSPS) is 15.7. The van der Waals surface area contributed by atoms with E-state index >= 15 is 0 Å². The van der Waals surface area contributed by atoms with Crippen molar-refractivity contribution in [3.8, 4) is 34.3 Å². The Bertz CT molecular complexity index is 3300. The maximum Gasteiger partial charge on any atom is 0.348 e. The van der Waals surface area contributed by atoms with Gasteiger partial charge < -0.3 is 40.7 Å². The van der Waals surface area contributed by atoms with Crippen LogP contribution in [0.1, 0.15) is 85.5 Å². The highest BCUT2D eigenvalue weighted by atomic mass is 16.3. The maximum absolute atomic E-state index is 13.4. The van der Waals surface area contributed by atoms with E-state index < -0.39 is 5.69 Å². The predicted octanol–water partition coefficient (Wildman–Crippen LogP) is 7.94. The van der Waals surface area contributed by atoms with Crippen molar-refractivity contribution in [2.75, 3.05) is 67.5 Å². The Morgan fingerprint density at radius 1 is 0.829 bits per heavy atom. The molecule has 7 aromatic rings. The molecule has 0 spiro atoms. The summed E-state index contributed by atoms with van der Waals surface area (Å²) in [6.45, 7) is 16.4. The fourth-order valence-corrected chi connectivity index (χ4v) is 11.0. The topological polar surface area (TPSA) is 208 Å². The number of hydrogen-bond donors (Lipinski definition) is 6. The lowest BCUT2D eigenvalue weighted by Gasteiger charge is -2.38. The third-order valence-electron chi connectivity index (χ3n) is 15.3. The van der Waals surface area contributed by atoms with Crippen molar-refractivity contribution in [1.29, 1.82) is 0 Å². The van der Waals surface area contributed by atoms with Gasteiger partial charge in [0.25, 0.3) is 0 Å². The summed E-state index contributed by atoms with van der Waals surface area (Å²) in [6.07, 6.45) is 5.39. The molecule has 6 N–H and O–H groups in total. The van der Waals surface area contributed by atoms with Crippen molar-refractivity contribution >= 4 is 40.0 Å². The van der Waals surface area contributed by atoms with Crippen LogP contribution >= 0.6 is 0 Å². The van der Waals surface area contributed by atoms with Crippen LogP contribution in [0.3, 0.4) is 0 Å². The van der Waals surface area contributed by atoms with E-state index in [9.17, 15) is 29.7 Å². The van der Waals surface area contributed by atoms with E-state index in [0.29, 0.717) is 74.4 Å². The number of nitrogens with zero attached hydrogens (tertiary/aromatic N) is 8. The zero-order chi connectivity index (χ0) is 53.0. The van der Waals surface area contributed by atoms with Crippen LogP contribution in [-0.4, -0.2) is 114 Å². The van der Waals surface area contributed by atoms with E-state index in [1.807, 2.05) is 57.2 Å². The minimum absolute atomic E-state index is 0.000835. The number of nitrogens with one attached hydrogen (secondary N) is 3. The molecule has 394 valence electrons. The summed E-state index contributed by atoms with van der Waals surface area (Å²) in [4.78, 5) is 57.6. The van der Waals surface area contributed by atoms with Gasteiger partial charge in [-0.05, 0) is 116 Å². The first-order valence-corrected chi connectivity index (χ1v) is 26.5. The first-order valence-electron chi connectivity index (χ1n) is 26.5. The number of carbonyl (C=O) groups is 2. The number of amides is 2. The van der Waals surface area contributed by atoms with Crippen LogP contribution in [0.25, 0.3) is 27.8 Å². The molecule has 2 amide bonds. The SMILES string of the molecule is C=CC(=O)N1CCN(c2nc(NCCC(=O)N[C@H](C)c3ccc(CN4CCC(Cc5ccc(-n6c(-c7cc(C(C)C)c(O)cc7O)n[nH]c6=O)cc5)CC4)cc3)nc3c2CCN(c2cc(O)cc4ccccc24)C3)CC1. The minimum Gasteiger partial charge on any atom is -0.508 e. The number of anilines is 3. The lowest BCUT2D eigenvalue weighted by Crippen LogP contribution is -2.49. The number of aromatic amines is 1. The second kappa shape index (κ2) is 22.3. The standard InChI is InChI=1S/C59H67N11O6/c1-5-55(75)67-26-28-68(29-27-67)56-47-21-25-69(51-32-45(71)31-43-8-6-7-9-46(43)51)36-50(47)62-58(63-56)60-22-18-54(74)61-38(4)42-14-10-41(11-15-42)35-66-23-19-40(20-24-66)30-39-12-16-44(17-13-39)70-57(64-65-59(70)76)49-33-48(37(2)3)52(72)34-53(49)73/h5-17,31-34,37-38,40,71-73H,1,18-30,35-36H2,2-4H3,(H,61,74)(H,65,76)(H,60,62,63)/t38-/m1/s1. The molecule has 17 heteroatoms. The van der Waals surface area contributed by atoms with E-state index in [1.54, 1.807) is 17.0 Å². The van der Waals surface area contributed by atoms with Crippen molar-refractivity contribution in [1.82, 2.24) is 39.8 Å². The van der Waals surface area contributed by atoms with Gasteiger partial charge in [-0.25, -0.2) is 19.4 Å². The molecular formula is C59H67N11O6.